The van der Waals surface area contributed by atoms with E-state index in [1.807, 2.05) is 4.90 Å². The highest BCUT2D eigenvalue weighted by atomic mass is 16.5. The highest BCUT2D eigenvalue weighted by Gasteiger charge is 2.20. The van der Waals surface area contributed by atoms with E-state index in [0.717, 1.165) is 45.2 Å². The van der Waals surface area contributed by atoms with E-state index in [0.29, 0.717) is 6.54 Å². The molecule has 4 heteroatoms. The van der Waals surface area contributed by atoms with Gasteiger partial charge in [-0.15, -0.1) is 0 Å². The first-order valence-electron chi connectivity index (χ1n) is 7.42. The molecule has 104 valence electrons. The second-order valence-electron chi connectivity index (χ2n) is 5.49. The van der Waals surface area contributed by atoms with Gasteiger partial charge in [-0.25, -0.2) is 0 Å². The smallest absolute Gasteiger partial charge is 0.236 e. The van der Waals surface area contributed by atoms with Crippen molar-refractivity contribution in [1.29, 1.82) is 0 Å². The van der Waals surface area contributed by atoms with Crippen molar-refractivity contribution in [3.63, 3.8) is 0 Å². The second-order valence-corrected chi connectivity index (χ2v) is 5.49. The van der Waals surface area contributed by atoms with Gasteiger partial charge in [0.05, 0.1) is 6.54 Å². The summed E-state index contributed by atoms with van der Waals surface area (Å²) >= 11 is 0. The number of rotatable bonds is 8. The van der Waals surface area contributed by atoms with Crippen molar-refractivity contribution >= 4 is 5.91 Å². The molecule has 0 radical (unpaired) electrons. The zero-order valence-corrected chi connectivity index (χ0v) is 11.3. The van der Waals surface area contributed by atoms with Crippen LogP contribution in [-0.4, -0.2) is 50.2 Å². The third kappa shape index (κ3) is 5.36. The average molecular weight is 254 g/mol. The summed E-state index contributed by atoms with van der Waals surface area (Å²) < 4.78 is 5.55. The van der Waals surface area contributed by atoms with Gasteiger partial charge in [-0.05, 0) is 51.0 Å². The summed E-state index contributed by atoms with van der Waals surface area (Å²) in [5.41, 5.74) is 0. The summed E-state index contributed by atoms with van der Waals surface area (Å²) in [6, 6.07) is 0. The lowest BCUT2D eigenvalue weighted by Crippen LogP contribution is -2.41. The molecule has 1 aliphatic carbocycles. The van der Waals surface area contributed by atoms with E-state index in [1.165, 1.54) is 32.1 Å². The molecular formula is C14H26N2O2. The maximum atomic E-state index is 11.8. The third-order valence-corrected chi connectivity index (χ3v) is 3.68. The van der Waals surface area contributed by atoms with Gasteiger partial charge in [0.2, 0.25) is 5.91 Å². The van der Waals surface area contributed by atoms with Crippen LogP contribution in [0.25, 0.3) is 0 Å². The number of carbonyl (C=O) groups is 1. The molecule has 0 aromatic rings. The molecule has 2 fully saturated rings. The molecule has 0 aromatic carbocycles. The highest BCUT2D eigenvalue weighted by Crippen LogP contribution is 2.28. The van der Waals surface area contributed by atoms with Crippen LogP contribution in [0.4, 0.5) is 0 Å². The van der Waals surface area contributed by atoms with E-state index in [-0.39, 0.29) is 5.91 Å². The number of ether oxygens (including phenoxy) is 1. The van der Waals surface area contributed by atoms with Crippen LogP contribution in [0.15, 0.2) is 0 Å². The number of amides is 1. The van der Waals surface area contributed by atoms with Crippen LogP contribution < -0.4 is 5.32 Å². The van der Waals surface area contributed by atoms with Crippen LogP contribution >= 0.6 is 0 Å². The van der Waals surface area contributed by atoms with Gasteiger partial charge in [0.1, 0.15) is 0 Å². The normalized spacial score (nSPS) is 20.1. The van der Waals surface area contributed by atoms with E-state index in [1.54, 1.807) is 0 Å². The molecular weight excluding hydrogens is 228 g/mol. The molecule has 4 nitrogen and oxygen atoms in total. The Kier molecular flexibility index (Phi) is 5.94. The Hall–Kier alpha value is -0.610. The minimum absolute atomic E-state index is 0.258. The van der Waals surface area contributed by atoms with Crippen molar-refractivity contribution in [3.05, 3.63) is 0 Å². The fourth-order valence-corrected chi connectivity index (χ4v) is 2.28. The molecule has 1 aliphatic heterocycles. The maximum Gasteiger partial charge on any atom is 0.236 e. The SMILES string of the molecule is O=C(CNCCCOCC1CC1)N1CCCCC1. The molecule has 1 saturated heterocycles. The Morgan fingerprint density at radius 3 is 2.72 bits per heavy atom. The van der Waals surface area contributed by atoms with Crippen LogP contribution in [0.3, 0.4) is 0 Å². The first-order chi connectivity index (χ1) is 8.86. The topological polar surface area (TPSA) is 41.6 Å². The van der Waals surface area contributed by atoms with Crippen molar-refractivity contribution in [3.8, 4) is 0 Å². The van der Waals surface area contributed by atoms with Gasteiger partial charge in [0.15, 0.2) is 0 Å². The van der Waals surface area contributed by atoms with Gasteiger partial charge in [-0.3, -0.25) is 4.79 Å². The molecule has 1 N–H and O–H groups in total. The Morgan fingerprint density at radius 2 is 2.00 bits per heavy atom. The summed E-state index contributed by atoms with van der Waals surface area (Å²) in [6.07, 6.45) is 7.31. The van der Waals surface area contributed by atoms with E-state index in [2.05, 4.69) is 5.32 Å². The van der Waals surface area contributed by atoms with Gasteiger partial charge in [0.25, 0.3) is 0 Å². The summed E-state index contributed by atoms with van der Waals surface area (Å²) in [5.74, 6) is 1.10. The number of likely N-dealkylation sites (tertiary alicyclic amines) is 1. The Balaban J connectivity index is 1.40. The molecule has 0 spiro atoms. The first-order valence-corrected chi connectivity index (χ1v) is 7.42. The van der Waals surface area contributed by atoms with Crippen LogP contribution in [0.1, 0.15) is 38.5 Å². The second kappa shape index (κ2) is 7.74. The van der Waals surface area contributed by atoms with Gasteiger partial charge >= 0.3 is 0 Å². The first kappa shape index (κ1) is 13.8. The van der Waals surface area contributed by atoms with E-state index >= 15 is 0 Å². The molecule has 1 amide bonds. The van der Waals surface area contributed by atoms with Crippen LogP contribution in [0.2, 0.25) is 0 Å². The quantitative estimate of drug-likeness (QED) is 0.666. The van der Waals surface area contributed by atoms with Crippen molar-refractivity contribution in [2.45, 2.75) is 38.5 Å². The minimum atomic E-state index is 0.258. The molecule has 0 bridgehead atoms. The fourth-order valence-electron chi connectivity index (χ4n) is 2.28. The lowest BCUT2D eigenvalue weighted by atomic mass is 10.1. The van der Waals surface area contributed by atoms with Crippen molar-refractivity contribution in [2.75, 3.05) is 39.4 Å². The fraction of sp³-hybridized carbons (Fsp3) is 0.929. The Labute approximate surface area is 110 Å². The zero-order chi connectivity index (χ0) is 12.6. The molecule has 0 unspecified atom stereocenters. The minimum Gasteiger partial charge on any atom is -0.381 e. The predicted molar refractivity (Wildman–Crippen MR) is 71.5 cm³/mol. The van der Waals surface area contributed by atoms with Crippen LogP contribution in [0.5, 0.6) is 0 Å². The Bertz CT molecular complexity index is 248. The molecule has 1 saturated carbocycles. The van der Waals surface area contributed by atoms with Gasteiger partial charge in [0, 0.05) is 26.3 Å². The van der Waals surface area contributed by atoms with Gasteiger partial charge in [-0.2, -0.15) is 0 Å². The Morgan fingerprint density at radius 1 is 1.22 bits per heavy atom. The number of hydrogen-bond acceptors (Lipinski definition) is 3. The predicted octanol–water partition coefficient (Wildman–Crippen LogP) is 1.41. The van der Waals surface area contributed by atoms with E-state index < -0.39 is 0 Å². The number of carbonyl (C=O) groups excluding carboxylic acids is 1. The lowest BCUT2D eigenvalue weighted by molar-refractivity contribution is -0.131. The van der Waals surface area contributed by atoms with Crippen molar-refractivity contribution in [2.24, 2.45) is 5.92 Å². The van der Waals surface area contributed by atoms with Crippen LogP contribution in [0, 0.1) is 5.92 Å². The van der Waals surface area contributed by atoms with Gasteiger partial charge in [-0.1, -0.05) is 0 Å². The summed E-state index contributed by atoms with van der Waals surface area (Å²) in [5, 5.41) is 3.22. The highest BCUT2D eigenvalue weighted by molar-refractivity contribution is 5.78. The number of piperidine rings is 1. The maximum absolute atomic E-state index is 11.8. The molecule has 2 rings (SSSR count). The van der Waals surface area contributed by atoms with Gasteiger partial charge < -0.3 is 15.0 Å². The lowest BCUT2D eigenvalue weighted by Gasteiger charge is -2.26. The molecule has 1 heterocycles. The number of hydrogen-bond donors (Lipinski definition) is 1. The summed E-state index contributed by atoms with van der Waals surface area (Å²) in [4.78, 5) is 13.8. The molecule has 0 atom stereocenters. The van der Waals surface area contributed by atoms with E-state index in [4.69, 9.17) is 4.74 Å². The summed E-state index contributed by atoms with van der Waals surface area (Å²) in [6.45, 7) is 5.02. The van der Waals surface area contributed by atoms with Crippen LogP contribution in [-0.2, 0) is 9.53 Å². The van der Waals surface area contributed by atoms with Crippen molar-refractivity contribution in [1.82, 2.24) is 10.2 Å². The standard InChI is InChI=1S/C14H26N2O2/c17-14(16-8-2-1-3-9-16)11-15-7-4-10-18-12-13-5-6-13/h13,15H,1-12H2. The summed E-state index contributed by atoms with van der Waals surface area (Å²) in [7, 11) is 0. The average Bonchev–Trinajstić information content (AvgIpc) is 3.22. The van der Waals surface area contributed by atoms with Crippen molar-refractivity contribution < 1.29 is 9.53 Å². The van der Waals surface area contributed by atoms with E-state index in [9.17, 15) is 4.79 Å². The molecule has 0 aromatic heterocycles. The third-order valence-electron chi connectivity index (χ3n) is 3.68. The zero-order valence-electron chi connectivity index (χ0n) is 11.3. The molecule has 18 heavy (non-hydrogen) atoms. The molecule has 2 aliphatic rings. The number of nitrogens with one attached hydrogen (secondary N) is 1. The monoisotopic (exact) mass is 254 g/mol. The number of nitrogens with zero attached hydrogens (tertiary/aromatic N) is 1. The largest absolute Gasteiger partial charge is 0.381 e.